The van der Waals surface area contributed by atoms with Crippen molar-refractivity contribution in [1.82, 2.24) is 24.6 Å². The summed E-state index contributed by atoms with van der Waals surface area (Å²) in [4.78, 5) is 16.2. The number of hydrogen-bond donors (Lipinski definition) is 1. The normalized spacial score (nSPS) is 29.9. The standard InChI is InChI=1S/C18H30N6O/c1-22-12-18(4-3-16(22)25)5-7-24(8-6-18)11-15-20-21-17(23(15)2)13-9-14(19)10-13/h13-14H,3-12,19H2,1-2H3. The molecule has 1 aromatic heterocycles. The van der Waals surface area contributed by atoms with Crippen LogP contribution >= 0.6 is 0 Å². The second kappa shape index (κ2) is 6.36. The predicted molar refractivity (Wildman–Crippen MR) is 94.8 cm³/mol. The van der Waals surface area contributed by atoms with E-state index in [1.807, 2.05) is 11.9 Å². The third kappa shape index (κ3) is 3.19. The van der Waals surface area contributed by atoms with Gasteiger partial charge in [0.15, 0.2) is 0 Å². The molecule has 0 bridgehead atoms. The maximum Gasteiger partial charge on any atom is 0.222 e. The number of aromatic nitrogens is 3. The second-order valence-corrected chi connectivity index (χ2v) is 8.49. The van der Waals surface area contributed by atoms with Gasteiger partial charge in [0.1, 0.15) is 11.6 Å². The van der Waals surface area contributed by atoms with Crippen LogP contribution in [0.15, 0.2) is 0 Å². The number of amides is 1. The maximum absolute atomic E-state index is 11.8. The second-order valence-electron chi connectivity index (χ2n) is 8.49. The van der Waals surface area contributed by atoms with Gasteiger partial charge in [-0.25, -0.2) is 0 Å². The number of likely N-dealkylation sites (tertiary alicyclic amines) is 2. The zero-order valence-electron chi connectivity index (χ0n) is 15.4. The van der Waals surface area contributed by atoms with Gasteiger partial charge in [-0.2, -0.15) is 0 Å². The molecule has 3 fully saturated rings. The first-order chi connectivity index (χ1) is 12.0. The van der Waals surface area contributed by atoms with Crippen molar-refractivity contribution in [3.05, 3.63) is 11.6 Å². The first-order valence-electron chi connectivity index (χ1n) is 9.56. The molecule has 1 spiro atoms. The van der Waals surface area contributed by atoms with Gasteiger partial charge in [-0.1, -0.05) is 0 Å². The lowest BCUT2D eigenvalue weighted by atomic mass is 9.72. The molecule has 3 heterocycles. The molecule has 0 radical (unpaired) electrons. The zero-order valence-corrected chi connectivity index (χ0v) is 15.4. The van der Waals surface area contributed by atoms with E-state index in [4.69, 9.17) is 5.73 Å². The highest BCUT2D eigenvalue weighted by Gasteiger charge is 2.40. The number of hydrogen-bond acceptors (Lipinski definition) is 5. The Kier molecular flexibility index (Phi) is 4.32. The van der Waals surface area contributed by atoms with Crippen LogP contribution in [0.3, 0.4) is 0 Å². The van der Waals surface area contributed by atoms with Crippen LogP contribution in [0.2, 0.25) is 0 Å². The molecule has 138 valence electrons. The van der Waals surface area contributed by atoms with Crippen molar-refractivity contribution >= 4 is 5.91 Å². The van der Waals surface area contributed by atoms with Crippen LogP contribution in [0.25, 0.3) is 0 Å². The Morgan fingerprint density at radius 1 is 1.16 bits per heavy atom. The summed E-state index contributed by atoms with van der Waals surface area (Å²) >= 11 is 0. The SMILES string of the molecule is CN1CC2(CCC1=O)CCN(Cc1nnc(C3CC(N)C3)n1C)CC2. The van der Waals surface area contributed by atoms with Gasteiger partial charge in [0.25, 0.3) is 0 Å². The van der Waals surface area contributed by atoms with E-state index in [1.54, 1.807) is 0 Å². The molecular formula is C18H30N6O. The molecule has 4 rings (SSSR count). The topological polar surface area (TPSA) is 80.3 Å². The average molecular weight is 346 g/mol. The van der Waals surface area contributed by atoms with Crippen LogP contribution < -0.4 is 5.73 Å². The zero-order chi connectivity index (χ0) is 17.6. The van der Waals surface area contributed by atoms with Crippen LogP contribution in [-0.4, -0.2) is 63.2 Å². The molecule has 3 aliphatic rings. The molecule has 0 aromatic carbocycles. The Balaban J connectivity index is 1.34. The Labute approximate surface area is 149 Å². The first-order valence-corrected chi connectivity index (χ1v) is 9.56. The lowest BCUT2D eigenvalue weighted by Gasteiger charge is -2.46. The molecule has 7 nitrogen and oxygen atoms in total. The summed E-state index contributed by atoms with van der Waals surface area (Å²) in [6.07, 6.45) is 6.18. The van der Waals surface area contributed by atoms with E-state index in [0.717, 1.165) is 57.1 Å². The van der Waals surface area contributed by atoms with Crippen LogP contribution in [0.4, 0.5) is 0 Å². The number of piperidine rings is 2. The minimum Gasteiger partial charge on any atom is -0.345 e. The van der Waals surface area contributed by atoms with Gasteiger partial charge in [0, 0.05) is 39.0 Å². The molecule has 1 aliphatic carbocycles. The summed E-state index contributed by atoms with van der Waals surface area (Å²) in [5, 5.41) is 8.87. The van der Waals surface area contributed by atoms with Gasteiger partial charge >= 0.3 is 0 Å². The van der Waals surface area contributed by atoms with Gasteiger partial charge < -0.3 is 15.2 Å². The maximum atomic E-state index is 11.8. The summed E-state index contributed by atoms with van der Waals surface area (Å²) in [6.45, 7) is 3.96. The lowest BCUT2D eigenvalue weighted by Crippen LogP contribution is -2.50. The van der Waals surface area contributed by atoms with Crippen LogP contribution in [0.5, 0.6) is 0 Å². The monoisotopic (exact) mass is 346 g/mol. The number of rotatable bonds is 3. The largest absolute Gasteiger partial charge is 0.345 e. The molecule has 1 saturated carbocycles. The molecule has 0 atom stereocenters. The average Bonchev–Trinajstić information content (AvgIpc) is 2.91. The molecule has 1 aromatic rings. The highest BCUT2D eigenvalue weighted by atomic mass is 16.2. The molecule has 0 unspecified atom stereocenters. The van der Waals surface area contributed by atoms with Crippen molar-refractivity contribution in [3.8, 4) is 0 Å². The molecule has 25 heavy (non-hydrogen) atoms. The van der Waals surface area contributed by atoms with Crippen LogP contribution in [-0.2, 0) is 18.4 Å². The molecule has 2 N–H and O–H groups in total. The van der Waals surface area contributed by atoms with E-state index >= 15 is 0 Å². The fourth-order valence-corrected chi connectivity index (χ4v) is 4.77. The van der Waals surface area contributed by atoms with Crippen LogP contribution in [0, 0.1) is 5.41 Å². The van der Waals surface area contributed by atoms with Crippen molar-refractivity contribution in [2.24, 2.45) is 18.2 Å². The lowest BCUT2D eigenvalue weighted by molar-refractivity contribution is -0.137. The molecule has 1 amide bonds. The number of carbonyl (C=O) groups excluding carboxylic acids is 1. The summed E-state index contributed by atoms with van der Waals surface area (Å²) in [6, 6.07) is 0.337. The van der Waals surface area contributed by atoms with E-state index in [-0.39, 0.29) is 0 Å². The summed E-state index contributed by atoms with van der Waals surface area (Å²) in [7, 11) is 4.03. The predicted octanol–water partition coefficient (Wildman–Crippen LogP) is 0.854. The quantitative estimate of drug-likeness (QED) is 0.878. The summed E-state index contributed by atoms with van der Waals surface area (Å²) < 4.78 is 2.17. The summed E-state index contributed by atoms with van der Waals surface area (Å²) in [5.41, 5.74) is 6.25. The highest BCUT2D eigenvalue weighted by Crippen LogP contribution is 2.40. The fourth-order valence-electron chi connectivity index (χ4n) is 4.77. The van der Waals surface area contributed by atoms with E-state index < -0.39 is 0 Å². The Hall–Kier alpha value is -1.47. The number of carbonyl (C=O) groups is 1. The van der Waals surface area contributed by atoms with Gasteiger partial charge in [-0.15, -0.1) is 10.2 Å². The number of nitrogens with two attached hydrogens (primary N) is 1. The smallest absolute Gasteiger partial charge is 0.222 e. The number of nitrogens with zero attached hydrogens (tertiary/aromatic N) is 5. The first kappa shape index (κ1) is 17.0. The van der Waals surface area contributed by atoms with Crippen LogP contribution in [0.1, 0.15) is 56.1 Å². The highest BCUT2D eigenvalue weighted by molar-refractivity contribution is 5.76. The van der Waals surface area contributed by atoms with Crippen molar-refractivity contribution in [2.45, 2.75) is 57.0 Å². The third-order valence-corrected chi connectivity index (χ3v) is 6.69. The van der Waals surface area contributed by atoms with Gasteiger partial charge in [0.2, 0.25) is 5.91 Å². The molecular weight excluding hydrogens is 316 g/mol. The third-order valence-electron chi connectivity index (χ3n) is 6.69. The van der Waals surface area contributed by atoms with E-state index in [2.05, 4.69) is 26.7 Å². The van der Waals surface area contributed by atoms with Gasteiger partial charge in [-0.3, -0.25) is 9.69 Å². The Morgan fingerprint density at radius 2 is 1.88 bits per heavy atom. The van der Waals surface area contributed by atoms with Crippen molar-refractivity contribution in [1.29, 1.82) is 0 Å². The molecule has 2 saturated heterocycles. The van der Waals surface area contributed by atoms with Gasteiger partial charge in [0.05, 0.1) is 6.54 Å². The van der Waals surface area contributed by atoms with Gasteiger partial charge in [-0.05, 0) is 50.6 Å². The Morgan fingerprint density at radius 3 is 2.52 bits per heavy atom. The fraction of sp³-hybridized carbons (Fsp3) is 0.833. The summed E-state index contributed by atoms with van der Waals surface area (Å²) in [5.74, 6) is 2.94. The Bertz CT molecular complexity index is 642. The minimum atomic E-state index is 0.301. The van der Waals surface area contributed by atoms with E-state index in [0.29, 0.717) is 29.7 Å². The van der Waals surface area contributed by atoms with E-state index in [9.17, 15) is 4.79 Å². The van der Waals surface area contributed by atoms with Crippen molar-refractivity contribution < 1.29 is 4.79 Å². The van der Waals surface area contributed by atoms with E-state index in [1.165, 1.54) is 12.8 Å². The van der Waals surface area contributed by atoms with Crippen molar-refractivity contribution in [2.75, 3.05) is 26.7 Å². The minimum absolute atomic E-state index is 0.301. The molecule has 2 aliphatic heterocycles. The molecule has 7 heteroatoms. The van der Waals surface area contributed by atoms with Crippen molar-refractivity contribution in [3.63, 3.8) is 0 Å².